The van der Waals surface area contributed by atoms with Crippen molar-refractivity contribution in [1.82, 2.24) is 4.90 Å². The van der Waals surface area contributed by atoms with Crippen molar-refractivity contribution in [2.24, 2.45) is 0 Å². The number of amides is 3. The van der Waals surface area contributed by atoms with Crippen LogP contribution in [0.25, 0.3) is 0 Å². The van der Waals surface area contributed by atoms with Crippen LogP contribution in [0.3, 0.4) is 0 Å². The molecule has 0 aliphatic carbocycles. The molecule has 0 atom stereocenters. The molecule has 2 aliphatic rings. The second kappa shape index (κ2) is 7.57. The molecule has 0 aromatic heterocycles. The number of anilines is 2. The van der Waals surface area contributed by atoms with Crippen molar-refractivity contribution in [3.63, 3.8) is 0 Å². The molecule has 2 aromatic rings. The van der Waals surface area contributed by atoms with Gasteiger partial charge in [-0.3, -0.25) is 4.79 Å². The summed E-state index contributed by atoms with van der Waals surface area (Å²) in [5.41, 5.74) is 2.21. The van der Waals surface area contributed by atoms with Crippen LogP contribution in [0.1, 0.15) is 18.4 Å². The number of carbonyl (C=O) groups is 2. The Hall–Kier alpha value is -3.22. The highest BCUT2D eigenvalue weighted by atomic mass is 16.7. The van der Waals surface area contributed by atoms with Gasteiger partial charge in [-0.15, -0.1) is 0 Å². The van der Waals surface area contributed by atoms with E-state index in [0.29, 0.717) is 29.3 Å². The monoisotopic (exact) mass is 367 g/mol. The molecule has 1 fully saturated rings. The average molecular weight is 367 g/mol. The fourth-order valence-electron chi connectivity index (χ4n) is 3.23. The predicted octanol–water partition coefficient (Wildman–Crippen LogP) is 3.22. The topological polar surface area (TPSA) is 79.9 Å². The van der Waals surface area contributed by atoms with Gasteiger partial charge in [0.05, 0.1) is 6.42 Å². The molecule has 4 rings (SSSR count). The summed E-state index contributed by atoms with van der Waals surface area (Å²) in [5.74, 6) is 1.44. The summed E-state index contributed by atoms with van der Waals surface area (Å²) >= 11 is 0. The van der Waals surface area contributed by atoms with E-state index < -0.39 is 0 Å². The molecule has 2 aromatic carbocycles. The zero-order valence-electron chi connectivity index (χ0n) is 14.9. The Kier molecular flexibility index (Phi) is 4.82. The summed E-state index contributed by atoms with van der Waals surface area (Å²) in [6.45, 7) is 1.91. The van der Waals surface area contributed by atoms with Crippen LogP contribution in [-0.2, 0) is 11.2 Å². The Morgan fingerprint density at radius 1 is 0.889 bits per heavy atom. The predicted molar refractivity (Wildman–Crippen MR) is 101 cm³/mol. The van der Waals surface area contributed by atoms with Crippen LogP contribution in [0.2, 0.25) is 0 Å². The molecule has 0 saturated carbocycles. The van der Waals surface area contributed by atoms with Gasteiger partial charge >= 0.3 is 6.03 Å². The molecular formula is C20H21N3O4. The van der Waals surface area contributed by atoms with Crippen LogP contribution < -0.4 is 20.1 Å². The largest absolute Gasteiger partial charge is 0.454 e. The van der Waals surface area contributed by atoms with Crippen LogP contribution in [-0.4, -0.2) is 36.7 Å². The van der Waals surface area contributed by atoms with E-state index in [0.717, 1.165) is 31.5 Å². The number of urea groups is 1. The molecule has 0 radical (unpaired) electrons. The van der Waals surface area contributed by atoms with Crippen molar-refractivity contribution in [3.05, 3.63) is 48.0 Å². The Balaban J connectivity index is 1.31. The minimum Gasteiger partial charge on any atom is -0.454 e. The molecular weight excluding hydrogens is 346 g/mol. The molecule has 2 N–H and O–H groups in total. The molecule has 3 amide bonds. The summed E-state index contributed by atoms with van der Waals surface area (Å²) in [4.78, 5) is 26.3. The first kappa shape index (κ1) is 17.2. The zero-order chi connectivity index (χ0) is 18.6. The number of nitrogens with zero attached hydrogens (tertiary/aromatic N) is 1. The molecule has 1 saturated heterocycles. The third-order valence-corrected chi connectivity index (χ3v) is 4.66. The molecule has 2 heterocycles. The normalized spacial score (nSPS) is 14.9. The maximum absolute atomic E-state index is 12.2. The number of hydrogen-bond acceptors (Lipinski definition) is 4. The van der Waals surface area contributed by atoms with Gasteiger partial charge in [-0.05, 0) is 42.7 Å². The summed E-state index contributed by atoms with van der Waals surface area (Å²) in [5, 5.41) is 5.53. The second-order valence-electron chi connectivity index (χ2n) is 6.61. The lowest BCUT2D eigenvalue weighted by Crippen LogP contribution is -2.29. The van der Waals surface area contributed by atoms with Crippen molar-refractivity contribution < 1.29 is 19.1 Å². The van der Waals surface area contributed by atoms with E-state index in [1.54, 1.807) is 30.3 Å². The number of carbonyl (C=O) groups excluding carboxylic acids is 2. The lowest BCUT2D eigenvalue weighted by Gasteiger charge is -2.15. The van der Waals surface area contributed by atoms with Crippen LogP contribution in [0.5, 0.6) is 11.5 Å². The van der Waals surface area contributed by atoms with Gasteiger partial charge in [0.25, 0.3) is 0 Å². The number of hydrogen-bond donors (Lipinski definition) is 2. The van der Waals surface area contributed by atoms with Gasteiger partial charge in [-0.2, -0.15) is 0 Å². The number of ether oxygens (including phenoxy) is 2. The Morgan fingerprint density at radius 3 is 2.33 bits per heavy atom. The van der Waals surface area contributed by atoms with Crippen LogP contribution >= 0.6 is 0 Å². The highest BCUT2D eigenvalue weighted by Crippen LogP contribution is 2.34. The second-order valence-corrected chi connectivity index (χ2v) is 6.61. The Bertz CT molecular complexity index is 845. The van der Waals surface area contributed by atoms with Gasteiger partial charge in [0, 0.05) is 30.5 Å². The van der Waals surface area contributed by atoms with Crippen LogP contribution in [0.4, 0.5) is 16.2 Å². The average Bonchev–Trinajstić information content (AvgIpc) is 3.34. The summed E-state index contributed by atoms with van der Waals surface area (Å²) < 4.78 is 10.5. The summed E-state index contributed by atoms with van der Waals surface area (Å²) in [7, 11) is 0. The van der Waals surface area contributed by atoms with Gasteiger partial charge in [-0.1, -0.05) is 12.1 Å². The number of rotatable bonds is 4. The van der Waals surface area contributed by atoms with Gasteiger partial charge < -0.3 is 25.0 Å². The molecule has 140 valence electrons. The van der Waals surface area contributed by atoms with Crippen molar-refractivity contribution in [2.75, 3.05) is 30.5 Å². The molecule has 0 spiro atoms. The van der Waals surface area contributed by atoms with Gasteiger partial charge in [-0.25, -0.2) is 4.79 Å². The number of likely N-dealkylation sites (tertiary alicyclic amines) is 1. The van der Waals surface area contributed by atoms with E-state index in [4.69, 9.17) is 9.47 Å². The van der Waals surface area contributed by atoms with E-state index in [1.807, 2.05) is 17.0 Å². The quantitative estimate of drug-likeness (QED) is 0.870. The molecule has 0 bridgehead atoms. The minimum absolute atomic E-state index is 0.161. The summed E-state index contributed by atoms with van der Waals surface area (Å²) in [6.07, 6.45) is 2.57. The van der Waals surface area contributed by atoms with E-state index in [9.17, 15) is 9.59 Å². The maximum atomic E-state index is 12.2. The van der Waals surface area contributed by atoms with Crippen molar-refractivity contribution in [2.45, 2.75) is 19.3 Å². The van der Waals surface area contributed by atoms with E-state index >= 15 is 0 Å². The smallest absolute Gasteiger partial charge is 0.323 e. The Labute approximate surface area is 157 Å². The maximum Gasteiger partial charge on any atom is 0.323 e. The van der Waals surface area contributed by atoms with Crippen LogP contribution in [0.15, 0.2) is 42.5 Å². The number of fused-ring (bicyclic) bond motifs is 1. The number of nitrogens with one attached hydrogen (secondary N) is 2. The van der Waals surface area contributed by atoms with Crippen molar-refractivity contribution in [1.29, 1.82) is 0 Å². The van der Waals surface area contributed by atoms with Crippen molar-refractivity contribution in [3.8, 4) is 11.5 Å². The first-order valence-corrected chi connectivity index (χ1v) is 9.02. The lowest BCUT2D eigenvalue weighted by atomic mass is 10.1. The fraction of sp³-hybridized carbons (Fsp3) is 0.300. The molecule has 0 unspecified atom stereocenters. The molecule has 7 nitrogen and oxygen atoms in total. The van der Waals surface area contributed by atoms with E-state index in [-0.39, 0.29) is 18.7 Å². The third kappa shape index (κ3) is 4.13. The van der Waals surface area contributed by atoms with E-state index in [2.05, 4.69) is 10.6 Å². The first-order valence-electron chi connectivity index (χ1n) is 9.02. The molecule has 2 aliphatic heterocycles. The first-order chi connectivity index (χ1) is 13.2. The van der Waals surface area contributed by atoms with Crippen molar-refractivity contribution >= 4 is 23.3 Å². The lowest BCUT2D eigenvalue weighted by molar-refractivity contribution is -0.129. The molecule has 27 heavy (non-hydrogen) atoms. The Morgan fingerprint density at radius 2 is 1.56 bits per heavy atom. The summed E-state index contributed by atoms with van der Waals surface area (Å²) in [6, 6.07) is 12.2. The minimum atomic E-state index is -0.352. The van der Waals surface area contributed by atoms with Gasteiger partial charge in [0.15, 0.2) is 11.5 Å². The highest BCUT2D eigenvalue weighted by Gasteiger charge is 2.18. The zero-order valence-corrected chi connectivity index (χ0v) is 14.9. The fourth-order valence-corrected chi connectivity index (χ4v) is 3.23. The SMILES string of the molecule is O=C(Nc1ccc(CC(=O)N2CCCC2)cc1)Nc1ccc2c(c1)OCO2. The van der Waals surface area contributed by atoms with Gasteiger partial charge in [0.2, 0.25) is 12.7 Å². The van der Waals surface area contributed by atoms with Gasteiger partial charge in [0.1, 0.15) is 0 Å². The van der Waals surface area contributed by atoms with E-state index in [1.165, 1.54) is 0 Å². The number of benzene rings is 2. The molecule has 7 heteroatoms. The van der Waals surface area contributed by atoms with Crippen LogP contribution in [0, 0.1) is 0 Å². The highest BCUT2D eigenvalue weighted by molar-refractivity contribution is 6.00. The third-order valence-electron chi connectivity index (χ3n) is 4.66. The standard InChI is InChI=1S/C20H21N3O4/c24-19(23-9-1-2-10-23)11-14-3-5-15(6-4-14)21-20(25)22-16-7-8-17-18(12-16)27-13-26-17/h3-8,12H,1-2,9-11,13H2,(H2,21,22,25).